The predicted octanol–water partition coefficient (Wildman–Crippen LogP) is 2.88. The maximum Gasteiger partial charge on any atom is 0.419 e. The highest BCUT2D eigenvalue weighted by Gasteiger charge is 2.53. The third kappa shape index (κ3) is 20.9. The van der Waals surface area contributed by atoms with Crippen molar-refractivity contribution in [3.05, 3.63) is 182 Å². The number of aliphatic hydroxyl groups excluding tert-OH is 7. The summed E-state index contributed by atoms with van der Waals surface area (Å²) in [6.45, 7) is 4.76. The van der Waals surface area contributed by atoms with Gasteiger partial charge in [0.2, 0.25) is 53.4 Å². The Kier molecular flexibility index (Phi) is 29.0. The van der Waals surface area contributed by atoms with E-state index in [1.807, 2.05) is 0 Å². The van der Waals surface area contributed by atoms with Crippen LogP contribution in [0.3, 0.4) is 0 Å². The van der Waals surface area contributed by atoms with Crippen molar-refractivity contribution in [3.8, 4) is 57.1 Å². The lowest BCUT2D eigenvalue weighted by molar-refractivity contribution is -0.334. The number of halogens is 6. The fourth-order valence-electron chi connectivity index (χ4n) is 15.0. The van der Waals surface area contributed by atoms with Crippen LogP contribution in [0.4, 0.5) is 23.2 Å². The topological polar surface area (TPSA) is 570 Å². The molecule has 7 aromatic carbocycles. The van der Waals surface area contributed by atoms with Gasteiger partial charge in [0, 0.05) is 53.5 Å². The number of hydrazine groups is 1. The van der Waals surface area contributed by atoms with Crippen LogP contribution in [-0.2, 0) is 65.3 Å². The summed E-state index contributed by atoms with van der Waals surface area (Å²) >= 11 is 14.3. The van der Waals surface area contributed by atoms with Crippen molar-refractivity contribution in [1.82, 2.24) is 53.4 Å². The Morgan fingerprint density at radius 2 is 1.33 bits per heavy atom. The highest BCUT2D eigenvalue weighted by Crippen LogP contribution is 2.50. The van der Waals surface area contributed by atoms with Crippen LogP contribution in [0.1, 0.15) is 127 Å². The maximum atomic E-state index is 16.3. The van der Waals surface area contributed by atoms with Crippen LogP contribution >= 0.6 is 23.2 Å². The zero-order chi connectivity index (χ0) is 91.4. The summed E-state index contributed by atoms with van der Waals surface area (Å²) < 4.78 is 93.6. The van der Waals surface area contributed by atoms with E-state index in [9.17, 15) is 87.8 Å². The Morgan fingerprint density at radius 1 is 0.698 bits per heavy atom. The van der Waals surface area contributed by atoms with Crippen LogP contribution in [-0.4, -0.2) is 210 Å². The van der Waals surface area contributed by atoms with Crippen molar-refractivity contribution in [2.75, 3.05) is 32.1 Å². The Hall–Kier alpha value is -11.7. The summed E-state index contributed by atoms with van der Waals surface area (Å²) in [7, 11) is 1.45. The van der Waals surface area contributed by atoms with Crippen molar-refractivity contribution < 1.29 is 140 Å². The van der Waals surface area contributed by atoms with Gasteiger partial charge in [-0.25, -0.2) is 9.82 Å². The second kappa shape index (κ2) is 39.1. The van der Waals surface area contributed by atoms with Crippen molar-refractivity contribution in [2.24, 2.45) is 11.7 Å². The minimum absolute atomic E-state index is 0.0356. The summed E-state index contributed by atoms with van der Waals surface area (Å²) in [6.07, 6.45) is -24.8. The number of hydrogen-bond donors (Lipinski definition) is 22. The van der Waals surface area contributed by atoms with E-state index < -0.39 is 283 Å². The number of likely N-dealkylation sites (N-methyl/N-ethyl adjacent to an activating group) is 1. The number of anilines is 1. The number of carbonyl (C=O) groups excluding carboxylic acids is 9. The Morgan fingerprint density at radius 3 is 1.94 bits per heavy atom. The second-order valence-corrected chi connectivity index (χ2v) is 31.9. The number of fused-ring (bicyclic) bond motifs is 15. The van der Waals surface area contributed by atoms with E-state index in [1.54, 1.807) is 32.9 Å². The van der Waals surface area contributed by atoms with Gasteiger partial charge in [-0.3, -0.25) is 48.6 Å². The molecule has 18 atom stereocenters. The lowest BCUT2D eigenvalue weighted by atomic mass is 9.84. The van der Waals surface area contributed by atoms with Gasteiger partial charge in [0.05, 0.1) is 53.5 Å². The Balaban J connectivity index is 1.00. The van der Waals surface area contributed by atoms with E-state index in [2.05, 4.69) is 58.7 Å². The molecule has 7 aliphatic heterocycles. The third-order valence-corrected chi connectivity index (χ3v) is 22.2. The summed E-state index contributed by atoms with van der Waals surface area (Å²) in [6, 6.07) is 6.83. The standard InChI is InChI=1S/C83H90Cl2F4N12O25/c1-33(2)20-49(91-5)74(114)99-64-66(108)37-10-16-53(46(84)22-37)122-55-25-40-26-56(70(55)126-81-71(69(111)68(110)57(32-103)124-81)125-59-30-82(4,72(112)34(3)121-59)92-31-35-6-12-41(13-7-35)94-73(113)39-8-14-45(48(86)24-39)83(87,88)89)123-54-17-11-38(23-47(54)85)67(109)65-79(119)98-63(80(120)101-93-18-19-102)44-27-42(104)28-52(106)60(44)43-21-36(9-15-51(43)105)61(76(116)100-65)97-77(117)62(40)96-75(115)50(29-58(90)107)95-78(64)118/h6-17,21-28,33-34,49-50,57,59,61-69,71-72,81,91-93,102-106,108-112H,18-20,29-32H2,1-5H3,(H2,90,107)(H,94,113)(H,95,118)(H,96,115)(H,97,117)(H,98,119)(H,99,114)(H,100,116)(H,101,120)/t34?,49?,50?,57?,59?,61?,62?,63-,64?,65?,66?,67?,68?,69?,71?,72?,81?,82-/m1/s1. The lowest BCUT2D eigenvalue weighted by Crippen LogP contribution is -2.65. The molecule has 0 radical (unpaired) electrons. The molecule has 9 amide bonds. The van der Waals surface area contributed by atoms with Crippen LogP contribution in [0.2, 0.25) is 10.0 Å². The number of primary amides is 1. The molecule has 43 heteroatoms. The second-order valence-electron chi connectivity index (χ2n) is 31.1. The summed E-state index contributed by atoms with van der Waals surface area (Å²) in [5.74, 6) is -18.4. The van der Waals surface area contributed by atoms with Gasteiger partial charge in [0.15, 0.2) is 23.9 Å². The van der Waals surface area contributed by atoms with Gasteiger partial charge in [-0.1, -0.05) is 67.4 Å². The SMILES string of the molecule is CNC(CC(C)C)C(=O)NC1C(=O)NC(CC(N)=O)C(=O)NC2C(=O)NC3C(=O)NC(C(=O)N[C@@H](C(=O)NNCCO)c4cc(O)cc(O)c4-c4cc3ccc4O)C(O)c3ccc(c(Cl)c3)Oc3cc2cc(c3OC2OC(CO)C(O)C(O)C2OC2C[C@@](C)(NCc3ccc(NC(=O)c4ccc(C(F)(F)F)c(F)c4)cc3)C(O)C(C)O2)Oc2ccc(cc2Cl)C1O. The number of carbonyl (C=O) groups is 9. The molecule has 7 aliphatic rings. The van der Waals surface area contributed by atoms with Gasteiger partial charge in [0.25, 0.3) is 11.8 Å². The lowest BCUT2D eigenvalue weighted by Gasteiger charge is -2.48. The van der Waals surface area contributed by atoms with Crippen LogP contribution in [0, 0.1) is 11.7 Å². The van der Waals surface area contributed by atoms with Crippen LogP contribution < -0.4 is 78.6 Å². The molecule has 0 aromatic heterocycles. The number of nitrogens with two attached hydrogens (primary N) is 1. The maximum absolute atomic E-state index is 16.3. The number of hydrogen-bond acceptors (Lipinski definition) is 28. The number of aromatic hydroxyl groups is 3. The Labute approximate surface area is 723 Å². The number of alkyl halides is 3. The molecule has 2 saturated heterocycles. The first-order chi connectivity index (χ1) is 59.6. The first kappa shape index (κ1) is 93.5. The molecule has 674 valence electrons. The van der Waals surface area contributed by atoms with Crippen molar-refractivity contribution in [1.29, 1.82) is 0 Å². The van der Waals surface area contributed by atoms with Gasteiger partial charge in [-0.05, 0) is 152 Å². The fourth-order valence-corrected chi connectivity index (χ4v) is 15.5. The number of amides is 9. The highest BCUT2D eigenvalue weighted by molar-refractivity contribution is 6.32. The molecule has 11 bridgehead atoms. The molecule has 14 rings (SSSR count). The first-order valence-corrected chi connectivity index (χ1v) is 40.0. The molecule has 37 nitrogen and oxygen atoms in total. The third-order valence-electron chi connectivity index (χ3n) is 21.6. The highest BCUT2D eigenvalue weighted by atomic mass is 35.5. The molecule has 7 aromatic rings. The normalized spacial score (nSPS) is 26.0. The van der Waals surface area contributed by atoms with E-state index in [0.717, 1.165) is 78.9 Å². The van der Waals surface area contributed by atoms with Crippen molar-refractivity contribution in [2.45, 2.75) is 169 Å². The monoisotopic (exact) mass is 1800 g/mol. The van der Waals surface area contributed by atoms with E-state index >= 15 is 24.0 Å². The quantitative estimate of drug-likeness (QED) is 0.0279. The van der Waals surface area contributed by atoms with Crippen molar-refractivity contribution in [3.63, 3.8) is 0 Å². The molecule has 7 heterocycles. The molecule has 0 saturated carbocycles. The number of phenols is 3. The number of benzene rings is 7. The van der Waals surface area contributed by atoms with Crippen molar-refractivity contribution >= 4 is 82.1 Å². The molecule has 16 unspecified atom stereocenters. The van der Waals surface area contributed by atoms with E-state index in [1.165, 1.54) is 32.2 Å². The largest absolute Gasteiger partial charge is 0.508 e. The molecular formula is C83H90Cl2F4N12O25. The van der Waals surface area contributed by atoms with Crippen LogP contribution in [0.15, 0.2) is 121 Å². The average molecular weight is 1800 g/mol. The molecule has 0 aliphatic carbocycles. The van der Waals surface area contributed by atoms with Gasteiger partial charge in [-0.2, -0.15) is 13.2 Å². The molecule has 23 N–H and O–H groups in total. The summed E-state index contributed by atoms with van der Waals surface area (Å²) in [5.41, 5.74) is 4.96. The minimum atomic E-state index is -5.01. The van der Waals surface area contributed by atoms with E-state index in [0.29, 0.717) is 17.7 Å². The summed E-state index contributed by atoms with van der Waals surface area (Å²) in [5, 5.41) is 139. The fraction of sp³-hybridized carbons (Fsp3) is 0.386. The Bertz CT molecular complexity index is 5320. The van der Waals surface area contributed by atoms with Gasteiger partial charge in [-0.15, -0.1) is 0 Å². The van der Waals surface area contributed by atoms with Crippen LogP contribution in [0.5, 0.6) is 46.0 Å². The van der Waals surface area contributed by atoms with Gasteiger partial charge in [0.1, 0.15) is 101 Å². The molecular weight excluding hydrogens is 1710 g/mol. The summed E-state index contributed by atoms with van der Waals surface area (Å²) in [4.78, 5) is 133. The number of rotatable bonds is 21. The smallest absolute Gasteiger partial charge is 0.419 e. The minimum Gasteiger partial charge on any atom is -0.508 e. The zero-order valence-corrected chi connectivity index (χ0v) is 68.8. The van der Waals surface area contributed by atoms with Gasteiger partial charge >= 0.3 is 6.18 Å². The molecule has 126 heavy (non-hydrogen) atoms. The van der Waals surface area contributed by atoms with E-state index in [4.69, 9.17) is 57.4 Å². The number of nitrogens with one attached hydrogen (secondary N) is 11. The number of aliphatic hydroxyl groups is 7. The number of phenolic OH excluding ortho intramolecular Hbond substituents is 3. The molecule has 2 fully saturated rings. The van der Waals surface area contributed by atoms with Crippen LogP contribution in [0.25, 0.3) is 11.1 Å². The predicted molar refractivity (Wildman–Crippen MR) is 433 cm³/mol. The first-order valence-electron chi connectivity index (χ1n) is 39.3. The van der Waals surface area contributed by atoms with Gasteiger partial charge < -0.3 is 133 Å². The van der Waals surface area contributed by atoms with E-state index in [-0.39, 0.29) is 54.2 Å². The average Bonchev–Trinajstić information content (AvgIpc) is 0.764. The number of ether oxygens (including phenoxy) is 6. The zero-order valence-electron chi connectivity index (χ0n) is 67.3. The molecule has 0 spiro atoms.